The van der Waals surface area contributed by atoms with Crippen molar-refractivity contribution in [2.45, 2.75) is 0 Å². The van der Waals surface area contributed by atoms with Gasteiger partial charge in [0.05, 0.1) is 17.2 Å². The molecule has 0 aliphatic carbocycles. The average Bonchev–Trinajstić information content (AvgIpc) is 2.69. The Labute approximate surface area is 166 Å². The fraction of sp³-hybridized carbons (Fsp3) is 0.0500. The maximum absolute atomic E-state index is 12.3. The van der Waals surface area contributed by atoms with Crippen LogP contribution in [0.3, 0.4) is 0 Å². The fourth-order valence-corrected chi connectivity index (χ4v) is 2.60. The Bertz CT molecular complexity index is 996. The van der Waals surface area contributed by atoms with E-state index in [1.54, 1.807) is 30.3 Å². The molecule has 0 spiro atoms. The maximum Gasteiger partial charge on any atom is 0.289 e. The molecule has 1 amide bonds. The highest BCUT2D eigenvalue weighted by Crippen LogP contribution is 2.29. The number of nitro groups is 1. The minimum Gasteiger partial charge on any atom is -0.455 e. The normalized spacial score (nSPS) is 10.2. The number of hydrogen-bond acceptors (Lipinski definition) is 5. The van der Waals surface area contributed by atoms with Gasteiger partial charge >= 0.3 is 0 Å². The number of carbonyl (C=O) groups excluding carboxylic acids is 1. The van der Waals surface area contributed by atoms with Crippen molar-refractivity contribution in [1.82, 2.24) is 0 Å². The van der Waals surface area contributed by atoms with Gasteiger partial charge in [0, 0.05) is 11.8 Å². The predicted octanol–water partition coefficient (Wildman–Crippen LogP) is 5.09. The number of carbonyl (C=O) groups is 1. The molecule has 7 nitrogen and oxygen atoms in total. The van der Waals surface area contributed by atoms with Crippen molar-refractivity contribution >= 4 is 34.6 Å². The van der Waals surface area contributed by atoms with E-state index in [1.165, 1.54) is 12.1 Å². The molecule has 0 unspecified atom stereocenters. The molecular formula is C20H16ClN3O4. The first-order valence-corrected chi connectivity index (χ1v) is 8.70. The van der Waals surface area contributed by atoms with Gasteiger partial charge in [0.2, 0.25) is 5.91 Å². The molecule has 0 saturated heterocycles. The number of nitro benzene ring substituents is 1. The van der Waals surface area contributed by atoms with Crippen LogP contribution in [0, 0.1) is 10.1 Å². The molecule has 0 saturated carbocycles. The number of nitrogens with one attached hydrogen (secondary N) is 2. The third-order valence-electron chi connectivity index (χ3n) is 3.73. The summed E-state index contributed by atoms with van der Waals surface area (Å²) in [4.78, 5) is 22.6. The summed E-state index contributed by atoms with van der Waals surface area (Å²) in [5.74, 6) is 0.821. The quantitative estimate of drug-likeness (QED) is 0.427. The van der Waals surface area contributed by atoms with Gasteiger partial charge in [-0.25, -0.2) is 0 Å². The first-order valence-electron chi connectivity index (χ1n) is 8.32. The average molecular weight is 398 g/mol. The number of hydrogen-bond donors (Lipinski definition) is 2. The minimum atomic E-state index is -0.579. The number of para-hydroxylation sites is 3. The first kappa shape index (κ1) is 19.2. The third kappa shape index (κ3) is 4.99. The van der Waals surface area contributed by atoms with Crippen LogP contribution in [0.4, 0.5) is 17.1 Å². The van der Waals surface area contributed by atoms with Crippen LogP contribution in [0.1, 0.15) is 0 Å². The Morgan fingerprint density at radius 3 is 2.50 bits per heavy atom. The van der Waals surface area contributed by atoms with Gasteiger partial charge in [-0.15, -0.1) is 0 Å². The molecule has 0 atom stereocenters. The summed E-state index contributed by atoms with van der Waals surface area (Å²) in [5, 5.41) is 16.6. The van der Waals surface area contributed by atoms with Crippen molar-refractivity contribution < 1.29 is 14.5 Å². The van der Waals surface area contributed by atoms with Gasteiger partial charge in [-0.3, -0.25) is 14.9 Å². The van der Waals surface area contributed by atoms with Crippen LogP contribution in [0.5, 0.6) is 11.5 Å². The second kappa shape index (κ2) is 8.88. The van der Waals surface area contributed by atoms with E-state index in [4.69, 9.17) is 16.3 Å². The summed E-state index contributed by atoms with van der Waals surface area (Å²) in [6, 6.07) is 20.5. The van der Waals surface area contributed by atoms with E-state index in [0.717, 1.165) is 0 Å². The second-order valence-corrected chi connectivity index (χ2v) is 6.14. The van der Waals surface area contributed by atoms with Crippen LogP contribution in [0.2, 0.25) is 5.02 Å². The minimum absolute atomic E-state index is 0.0342. The molecule has 142 valence electrons. The number of nitrogens with zero attached hydrogens (tertiary/aromatic N) is 1. The highest BCUT2D eigenvalue weighted by molar-refractivity contribution is 6.32. The number of amides is 1. The SMILES string of the molecule is O=C(CNc1ccc(Cl)c([N+](=O)[O-])c1)Nc1ccccc1Oc1ccccc1. The van der Waals surface area contributed by atoms with E-state index >= 15 is 0 Å². The summed E-state index contributed by atoms with van der Waals surface area (Å²) < 4.78 is 5.80. The zero-order chi connectivity index (χ0) is 19.9. The first-order chi connectivity index (χ1) is 13.5. The van der Waals surface area contributed by atoms with Crippen LogP contribution >= 0.6 is 11.6 Å². The lowest BCUT2D eigenvalue weighted by atomic mass is 10.2. The molecule has 8 heteroatoms. The van der Waals surface area contributed by atoms with Crippen LogP contribution in [0.25, 0.3) is 0 Å². The van der Waals surface area contributed by atoms with Gasteiger partial charge in [0.1, 0.15) is 10.8 Å². The summed E-state index contributed by atoms with van der Waals surface area (Å²) in [6.07, 6.45) is 0. The van der Waals surface area contributed by atoms with Gasteiger partial charge in [0.15, 0.2) is 5.75 Å². The Morgan fingerprint density at radius 2 is 1.75 bits per heavy atom. The van der Waals surface area contributed by atoms with E-state index in [1.807, 2.05) is 30.3 Å². The predicted molar refractivity (Wildman–Crippen MR) is 108 cm³/mol. The lowest BCUT2D eigenvalue weighted by Gasteiger charge is -2.13. The van der Waals surface area contributed by atoms with Gasteiger partial charge in [-0.2, -0.15) is 0 Å². The number of benzene rings is 3. The zero-order valence-corrected chi connectivity index (χ0v) is 15.3. The molecular weight excluding hydrogens is 382 g/mol. The van der Waals surface area contributed by atoms with Crippen molar-refractivity contribution in [1.29, 1.82) is 0 Å². The molecule has 0 fully saturated rings. The smallest absolute Gasteiger partial charge is 0.289 e. The lowest BCUT2D eigenvalue weighted by Crippen LogP contribution is -2.22. The number of ether oxygens (including phenoxy) is 1. The van der Waals surface area contributed by atoms with Crippen molar-refractivity contribution in [3.05, 3.63) is 87.9 Å². The lowest BCUT2D eigenvalue weighted by molar-refractivity contribution is -0.384. The summed E-state index contributed by atoms with van der Waals surface area (Å²) in [5.41, 5.74) is 0.703. The molecule has 0 aromatic heterocycles. The van der Waals surface area contributed by atoms with Crippen LogP contribution in [0.15, 0.2) is 72.8 Å². The molecule has 0 heterocycles. The van der Waals surface area contributed by atoms with E-state index in [-0.39, 0.29) is 23.2 Å². The Morgan fingerprint density at radius 1 is 1.04 bits per heavy atom. The largest absolute Gasteiger partial charge is 0.455 e. The van der Waals surface area contributed by atoms with Crippen molar-refractivity contribution in [3.63, 3.8) is 0 Å². The summed E-state index contributed by atoms with van der Waals surface area (Å²) in [7, 11) is 0. The standard InChI is InChI=1S/C20H16ClN3O4/c21-16-11-10-14(12-18(16)24(26)27)22-13-20(25)23-17-8-4-5-9-19(17)28-15-6-2-1-3-7-15/h1-12,22H,13H2,(H,23,25). The monoisotopic (exact) mass is 397 g/mol. The number of anilines is 2. The Balaban J connectivity index is 1.64. The van der Waals surface area contributed by atoms with Gasteiger partial charge < -0.3 is 15.4 Å². The number of halogens is 1. The van der Waals surface area contributed by atoms with Crippen molar-refractivity contribution in [2.24, 2.45) is 0 Å². The molecule has 0 aliphatic heterocycles. The second-order valence-electron chi connectivity index (χ2n) is 5.74. The Hall–Kier alpha value is -3.58. The molecule has 0 radical (unpaired) electrons. The molecule has 28 heavy (non-hydrogen) atoms. The van der Waals surface area contributed by atoms with Gasteiger partial charge in [0.25, 0.3) is 5.69 Å². The summed E-state index contributed by atoms with van der Waals surface area (Å²) in [6.45, 7) is -0.0849. The van der Waals surface area contributed by atoms with Crippen molar-refractivity contribution in [2.75, 3.05) is 17.2 Å². The molecule has 3 aromatic carbocycles. The third-order valence-corrected chi connectivity index (χ3v) is 4.05. The van der Waals surface area contributed by atoms with Gasteiger partial charge in [-0.1, -0.05) is 41.9 Å². The van der Waals surface area contributed by atoms with E-state index in [0.29, 0.717) is 22.9 Å². The summed E-state index contributed by atoms with van der Waals surface area (Å²) >= 11 is 5.78. The number of rotatable bonds is 7. The maximum atomic E-state index is 12.3. The Kier molecular flexibility index (Phi) is 6.08. The van der Waals surface area contributed by atoms with Crippen LogP contribution in [-0.2, 0) is 4.79 Å². The molecule has 3 rings (SSSR count). The van der Waals surface area contributed by atoms with E-state index < -0.39 is 4.92 Å². The molecule has 0 aliphatic rings. The highest BCUT2D eigenvalue weighted by atomic mass is 35.5. The van der Waals surface area contributed by atoms with Crippen LogP contribution < -0.4 is 15.4 Å². The van der Waals surface area contributed by atoms with Crippen molar-refractivity contribution in [3.8, 4) is 11.5 Å². The van der Waals surface area contributed by atoms with E-state index in [2.05, 4.69) is 10.6 Å². The molecule has 2 N–H and O–H groups in total. The highest BCUT2D eigenvalue weighted by Gasteiger charge is 2.13. The molecule has 3 aromatic rings. The fourth-order valence-electron chi connectivity index (χ4n) is 2.41. The topological polar surface area (TPSA) is 93.5 Å². The molecule has 0 bridgehead atoms. The van der Waals surface area contributed by atoms with Gasteiger partial charge in [-0.05, 0) is 36.4 Å². The zero-order valence-electron chi connectivity index (χ0n) is 14.6. The van der Waals surface area contributed by atoms with E-state index in [9.17, 15) is 14.9 Å². The van der Waals surface area contributed by atoms with Crippen LogP contribution in [-0.4, -0.2) is 17.4 Å².